The van der Waals surface area contributed by atoms with Gasteiger partial charge in [0, 0.05) is 19.6 Å². The number of carbonyl (C=O) groups is 2. The number of ether oxygens (including phenoxy) is 1. The van der Waals surface area contributed by atoms with Gasteiger partial charge in [-0.2, -0.15) is 0 Å². The van der Waals surface area contributed by atoms with Crippen LogP contribution in [0, 0.1) is 11.3 Å². The molecule has 0 unspecified atom stereocenters. The van der Waals surface area contributed by atoms with Crippen LogP contribution in [0.1, 0.15) is 51.4 Å². The fourth-order valence-corrected chi connectivity index (χ4v) is 4.52. The summed E-state index contributed by atoms with van der Waals surface area (Å²) >= 11 is 0. The van der Waals surface area contributed by atoms with Crippen molar-refractivity contribution in [3.8, 4) is 0 Å². The van der Waals surface area contributed by atoms with E-state index in [2.05, 4.69) is 5.32 Å². The maximum absolute atomic E-state index is 12.3. The molecule has 3 fully saturated rings. The highest BCUT2D eigenvalue weighted by atomic mass is 16.5. The van der Waals surface area contributed by atoms with Crippen molar-refractivity contribution in [1.29, 1.82) is 0 Å². The maximum atomic E-state index is 12.3. The Kier molecular flexibility index (Phi) is 5.09. The number of aliphatic carboxylic acids is 1. The molecule has 0 aromatic heterocycles. The van der Waals surface area contributed by atoms with Gasteiger partial charge in [0.25, 0.3) is 0 Å². The Morgan fingerprint density at radius 2 is 1.96 bits per heavy atom. The number of fused-ring (bicyclic) bond motifs is 1. The summed E-state index contributed by atoms with van der Waals surface area (Å²) in [4.78, 5) is 25.6. The number of carboxylic acid groups (broad SMARTS) is 1. The molecule has 1 saturated heterocycles. The molecular weight excluding hydrogens is 296 g/mol. The minimum absolute atomic E-state index is 0.115. The molecule has 2 atom stereocenters. The van der Waals surface area contributed by atoms with Gasteiger partial charge in [-0.05, 0) is 31.6 Å². The SMILES string of the molecule is O=C(NCCOC1CCCCC1)N1C[C@@H]2CCC[C@@]2(C(=O)O)C1. The predicted octanol–water partition coefficient (Wildman–Crippen LogP) is 2.23. The Morgan fingerprint density at radius 3 is 2.65 bits per heavy atom. The van der Waals surface area contributed by atoms with Crippen molar-refractivity contribution in [3.05, 3.63) is 0 Å². The molecule has 6 nitrogen and oxygen atoms in total. The third-order valence-corrected chi connectivity index (χ3v) is 5.87. The predicted molar refractivity (Wildman–Crippen MR) is 85.2 cm³/mol. The summed E-state index contributed by atoms with van der Waals surface area (Å²) in [5.41, 5.74) is -0.698. The monoisotopic (exact) mass is 324 g/mol. The van der Waals surface area contributed by atoms with E-state index in [4.69, 9.17) is 4.74 Å². The number of nitrogens with one attached hydrogen (secondary N) is 1. The maximum Gasteiger partial charge on any atom is 0.317 e. The molecule has 23 heavy (non-hydrogen) atoms. The molecule has 2 amide bonds. The Labute approximate surface area is 137 Å². The quantitative estimate of drug-likeness (QED) is 0.760. The lowest BCUT2D eigenvalue weighted by Crippen LogP contribution is -2.42. The minimum atomic E-state index is -0.740. The second kappa shape index (κ2) is 7.07. The molecule has 2 N–H and O–H groups in total. The summed E-state index contributed by atoms with van der Waals surface area (Å²) in [6.45, 7) is 1.96. The van der Waals surface area contributed by atoms with Crippen molar-refractivity contribution >= 4 is 12.0 Å². The molecule has 1 heterocycles. The highest BCUT2D eigenvalue weighted by molar-refractivity contribution is 5.80. The third kappa shape index (κ3) is 3.47. The molecule has 1 aliphatic heterocycles. The molecular formula is C17H28N2O4. The highest BCUT2D eigenvalue weighted by Crippen LogP contribution is 2.48. The van der Waals surface area contributed by atoms with Crippen LogP contribution in [0.15, 0.2) is 0 Å². The fraction of sp³-hybridized carbons (Fsp3) is 0.882. The minimum Gasteiger partial charge on any atom is -0.481 e. The van der Waals surface area contributed by atoms with Crippen LogP contribution in [0.4, 0.5) is 4.79 Å². The number of nitrogens with zero attached hydrogens (tertiary/aromatic N) is 1. The number of hydrogen-bond acceptors (Lipinski definition) is 3. The van der Waals surface area contributed by atoms with Crippen LogP contribution >= 0.6 is 0 Å². The first-order chi connectivity index (χ1) is 11.1. The normalized spacial score (nSPS) is 31.1. The zero-order chi connectivity index (χ0) is 16.3. The molecule has 0 aromatic rings. The van der Waals surface area contributed by atoms with Gasteiger partial charge in [0.15, 0.2) is 0 Å². The van der Waals surface area contributed by atoms with Crippen molar-refractivity contribution in [2.75, 3.05) is 26.2 Å². The van der Waals surface area contributed by atoms with Crippen molar-refractivity contribution in [2.45, 2.75) is 57.5 Å². The lowest BCUT2D eigenvalue weighted by molar-refractivity contribution is -0.149. The number of hydrogen-bond donors (Lipinski definition) is 2. The molecule has 130 valence electrons. The number of rotatable bonds is 5. The van der Waals surface area contributed by atoms with Crippen LogP contribution in [-0.4, -0.2) is 54.4 Å². The topological polar surface area (TPSA) is 78.9 Å². The third-order valence-electron chi connectivity index (χ3n) is 5.87. The van der Waals surface area contributed by atoms with Gasteiger partial charge in [0.1, 0.15) is 0 Å². The molecule has 0 spiro atoms. The molecule has 6 heteroatoms. The van der Waals surface area contributed by atoms with E-state index in [-0.39, 0.29) is 11.9 Å². The summed E-state index contributed by atoms with van der Waals surface area (Å²) < 4.78 is 5.80. The van der Waals surface area contributed by atoms with Gasteiger partial charge in [-0.1, -0.05) is 25.7 Å². The Hall–Kier alpha value is -1.30. The second-order valence-electron chi connectivity index (χ2n) is 7.29. The molecule has 0 bridgehead atoms. The number of carbonyl (C=O) groups excluding carboxylic acids is 1. The fourth-order valence-electron chi connectivity index (χ4n) is 4.52. The molecule has 0 aromatic carbocycles. The van der Waals surface area contributed by atoms with Crippen LogP contribution in [0.3, 0.4) is 0 Å². The van der Waals surface area contributed by atoms with E-state index in [0.717, 1.165) is 25.7 Å². The first-order valence-corrected chi connectivity index (χ1v) is 8.99. The lowest BCUT2D eigenvalue weighted by atomic mass is 9.81. The second-order valence-corrected chi connectivity index (χ2v) is 7.29. The van der Waals surface area contributed by atoms with Crippen LogP contribution in [0.25, 0.3) is 0 Å². The number of urea groups is 1. The summed E-state index contributed by atoms with van der Waals surface area (Å²) in [5, 5.41) is 12.4. The van der Waals surface area contributed by atoms with E-state index in [9.17, 15) is 14.7 Å². The standard InChI is InChI=1S/C17H28N2O4/c20-15(21)17-8-4-5-13(17)11-19(12-17)16(22)18-9-10-23-14-6-2-1-3-7-14/h13-14H,1-12H2,(H,18,22)(H,20,21)/t13-,17+/m0/s1. The van der Waals surface area contributed by atoms with E-state index < -0.39 is 11.4 Å². The first kappa shape index (κ1) is 16.6. The van der Waals surface area contributed by atoms with Crippen LogP contribution in [0.2, 0.25) is 0 Å². The number of amides is 2. The van der Waals surface area contributed by atoms with E-state index in [1.807, 2.05) is 0 Å². The van der Waals surface area contributed by atoms with Crippen molar-refractivity contribution in [2.24, 2.45) is 11.3 Å². The van der Waals surface area contributed by atoms with Gasteiger partial charge in [-0.15, -0.1) is 0 Å². The van der Waals surface area contributed by atoms with Gasteiger partial charge in [0.2, 0.25) is 0 Å². The smallest absolute Gasteiger partial charge is 0.317 e. The van der Waals surface area contributed by atoms with Gasteiger partial charge in [0.05, 0.1) is 18.1 Å². The van der Waals surface area contributed by atoms with Gasteiger partial charge >= 0.3 is 12.0 Å². The highest BCUT2D eigenvalue weighted by Gasteiger charge is 2.55. The van der Waals surface area contributed by atoms with Gasteiger partial charge < -0.3 is 20.1 Å². The number of carboxylic acids is 1. The molecule has 2 aliphatic carbocycles. The van der Waals surface area contributed by atoms with Crippen molar-refractivity contribution in [3.63, 3.8) is 0 Å². The summed E-state index contributed by atoms with van der Waals surface area (Å²) in [7, 11) is 0. The van der Waals surface area contributed by atoms with Crippen molar-refractivity contribution < 1.29 is 19.4 Å². The van der Waals surface area contributed by atoms with E-state index >= 15 is 0 Å². The Morgan fingerprint density at radius 1 is 1.17 bits per heavy atom. The molecule has 2 saturated carbocycles. The molecule has 3 aliphatic rings. The van der Waals surface area contributed by atoms with Gasteiger partial charge in [-0.3, -0.25) is 4.79 Å². The Bertz CT molecular complexity index is 450. The summed E-state index contributed by atoms with van der Waals surface area (Å²) in [5.74, 6) is -0.625. The van der Waals surface area contributed by atoms with E-state index in [1.165, 1.54) is 19.3 Å². The van der Waals surface area contributed by atoms with E-state index in [1.54, 1.807) is 4.90 Å². The van der Waals surface area contributed by atoms with Crippen LogP contribution in [0.5, 0.6) is 0 Å². The average Bonchev–Trinajstić information content (AvgIpc) is 3.10. The van der Waals surface area contributed by atoms with Crippen molar-refractivity contribution in [1.82, 2.24) is 10.2 Å². The van der Waals surface area contributed by atoms with Crippen LogP contribution < -0.4 is 5.32 Å². The number of likely N-dealkylation sites (tertiary alicyclic amines) is 1. The summed E-state index contributed by atoms with van der Waals surface area (Å²) in [6.07, 6.45) is 8.96. The average molecular weight is 324 g/mol. The molecule has 0 radical (unpaired) electrons. The van der Waals surface area contributed by atoms with E-state index in [0.29, 0.717) is 38.8 Å². The summed E-state index contributed by atoms with van der Waals surface area (Å²) in [6, 6.07) is -0.146. The largest absolute Gasteiger partial charge is 0.481 e. The lowest BCUT2D eigenvalue weighted by Gasteiger charge is -2.24. The zero-order valence-corrected chi connectivity index (χ0v) is 13.8. The first-order valence-electron chi connectivity index (χ1n) is 8.99. The molecule has 3 rings (SSSR count). The van der Waals surface area contributed by atoms with Crippen LogP contribution in [-0.2, 0) is 9.53 Å². The zero-order valence-electron chi connectivity index (χ0n) is 13.8. The Balaban J connectivity index is 1.40. The van der Waals surface area contributed by atoms with Gasteiger partial charge in [-0.25, -0.2) is 4.79 Å².